The molecule has 7 nitrogen and oxygen atoms in total. The SMILES string of the molecule is COC(=O)C1CNNC1S(=O)(=O)Nc1cccc(C)c1. The summed E-state index contributed by atoms with van der Waals surface area (Å²) in [6, 6.07) is 6.99. The molecule has 3 N–H and O–H groups in total. The van der Waals surface area contributed by atoms with Crippen molar-refractivity contribution in [1.82, 2.24) is 10.9 Å². The van der Waals surface area contributed by atoms with E-state index >= 15 is 0 Å². The molecule has 0 saturated carbocycles. The van der Waals surface area contributed by atoms with E-state index in [0.29, 0.717) is 5.69 Å². The molecular weight excluding hydrogens is 282 g/mol. The van der Waals surface area contributed by atoms with Crippen LogP contribution in [-0.2, 0) is 19.6 Å². The Hall–Kier alpha value is -1.64. The van der Waals surface area contributed by atoms with Crippen molar-refractivity contribution in [3.05, 3.63) is 29.8 Å². The number of sulfonamides is 1. The van der Waals surface area contributed by atoms with Gasteiger partial charge in [0.2, 0.25) is 0 Å². The van der Waals surface area contributed by atoms with Crippen molar-refractivity contribution in [2.45, 2.75) is 12.3 Å². The van der Waals surface area contributed by atoms with Crippen LogP contribution in [0.3, 0.4) is 0 Å². The highest BCUT2D eigenvalue weighted by atomic mass is 32.2. The van der Waals surface area contributed by atoms with Gasteiger partial charge in [-0.05, 0) is 24.6 Å². The fourth-order valence-corrected chi connectivity index (χ4v) is 3.53. The molecule has 1 heterocycles. The van der Waals surface area contributed by atoms with Crippen LogP contribution in [0.4, 0.5) is 5.69 Å². The van der Waals surface area contributed by atoms with Crippen LogP contribution in [0.15, 0.2) is 24.3 Å². The first-order valence-electron chi connectivity index (χ1n) is 6.08. The number of aryl methyl sites for hydroxylation is 1. The first-order valence-corrected chi connectivity index (χ1v) is 7.63. The number of hydrogen-bond acceptors (Lipinski definition) is 6. The highest BCUT2D eigenvalue weighted by Crippen LogP contribution is 2.19. The standard InChI is InChI=1S/C12H17N3O4S/c1-8-4-3-5-9(6-8)15-20(17,18)11-10(7-13-14-11)12(16)19-2/h3-6,10-11,13-15H,7H2,1-2H3. The minimum absolute atomic E-state index is 0.200. The molecule has 0 spiro atoms. The third-order valence-corrected chi connectivity index (χ3v) is 4.68. The summed E-state index contributed by atoms with van der Waals surface area (Å²) in [6.45, 7) is 2.07. The summed E-state index contributed by atoms with van der Waals surface area (Å²) in [5, 5.41) is -1.07. The van der Waals surface area contributed by atoms with Crippen molar-refractivity contribution < 1.29 is 17.9 Å². The third-order valence-electron chi connectivity index (χ3n) is 3.05. The topological polar surface area (TPSA) is 96.5 Å². The van der Waals surface area contributed by atoms with Gasteiger partial charge in [-0.3, -0.25) is 14.9 Å². The van der Waals surface area contributed by atoms with Crippen LogP contribution in [0.25, 0.3) is 0 Å². The Bertz CT molecular complexity index is 602. The minimum atomic E-state index is -3.76. The zero-order valence-electron chi connectivity index (χ0n) is 11.2. The van der Waals surface area contributed by atoms with Gasteiger partial charge in [-0.2, -0.15) is 0 Å². The van der Waals surface area contributed by atoms with E-state index in [1.165, 1.54) is 7.11 Å². The Morgan fingerprint density at radius 1 is 1.45 bits per heavy atom. The van der Waals surface area contributed by atoms with E-state index in [0.717, 1.165) is 5.56 Å². The number of esters is 1. The van der Waals surface area contributed by atoms with Gasteiger partial charge >= 0.3 is 5.97 Å². The predicted octanol–water partition coefficient (Wildman–Crippen LogP) is -0.0402. The average molecular weight is 299 g/mol. The highest BCUT2D eigenvalue weighted by molar-refractivity contribution is 7.93. The van der Waals surface area contributed by atoms with Crippen LogP contribution in [-0.4, -0.2) is 33.4 Å². The van der Waals surface area contributed by atoms with Gasteiger partial charge in [0.1, 0.15) is 5.92 Å². The van der Waals surface area contributed by atoms with E-state index in [2.05, 4.69) is 20.3 Å². The maximum Gasteiger partial charge on any atom is 0.312 e. The van der Waals surface area contributed by atoms with Crippen molar-refractivity contribution in [3.8, 4) is 0 Å². The molecular formula is C12H17N3O4S. The first kappa shape index (κ1) is 14.8. The smallest absolute Gasteiger partial charge is 0.312 e. The Morgan fingerprint density at radius 3 is 2.85 bits per heavy atom. The molecule has 2 unspecified atom stereocenters. The molecule has 2 atom stereocenters. The van der Waals surface area contributed by atoms with Gasteiger partial charge < -0.3 is 4.74 Å². The lowest BCUT2D eigenvalue weighted by atomic mass is 10.2. The van der Waals surface area contributed by atoms with E-state index < -0.39 is 27.3 Å². The molecule has 1 aromatic rings. The number of rotatable bonds is 4. The van der Waals surface area contributed by atoms with Gasteiger partial charge in [-0.1, -0.05) is 12.1 Å². The van der Waals surface area contributed by atoms with Gasteiger partial charge in [0.25, 0.3) is 10.0 Å². The Morgan fingerprint density at radius 2 is 2.20 bits per heavy atom. The lowest BCUT2D eigenvalue weighted by molar-refractivity contribution is -0.144. The number of methoxy groups -OCH3 is 1. The zero-order valence-corrected chi connectivity index (χ0v) is 12.0. The number of hydrazine groups is 1. The van der Waals surface area contributed by atoms with Gasteiger partial charge in [-0.15, -0.1) is 0 Å². The molecule has 2 rings (SSSR count). The van der Waals surface area contributed by atoms with Crippen molar-refractivity contribution in [2.24, 2.45) is 5.92 Å². The molecule has 0 aromatic heterocycles. The molecule has 1 aromatic carbocycles. The number of ether oxygens (including phenoxy) is 1. The normalized spacial score (nSPS) is 22.5. The van der Waals surface area contributed by atoms with Crippen LogP contribution >= 0.6 is 0 Å². The number of nitrogens with one attached hydrogen (secondary N) is 3. The monoisotopic (exact) mass is 299 g/mol. The molecule has 1 aliphatic heterocycles. The van der Waals surface area contributed by atoms with Crippen LogP contribution in [0.5, 0.6) is 0 Å². The van der Waals surface area contributed by atoms with Crippen molar-refractivity contribution >= 4 is 21.7 Å². The quantitative estimate of drug-likeness (QED) is 0.675. The van der Waals surface area contributed by atoms with Crippen LogP contribution in [0, 0.1) is 12.8 Å². The Labute approximate surface area is 117 Å². The second-order valence-corrected chi connectivity index (χ2v) is 6.39. The number of carbonyl (C=O) groups is 1. The molecule has 1 saturated heterocycles. The number of carbonyl (C=O) groups excluding carboxylic acids is 1. The number of benzene rings is 1. The van der Waals surface area contributed by atoms with Gasteiger partial charge in [0.15, 0.2) is 5.37 Å². The Balaban J connectivity index is 2.19. The summed E-state index contributed by atoms with van der Waals surface area (Å²) < 4.78 is 31.7. The lowest BCUT2D eigenvalue weighted by Gasteiger charge is -2.18. The molecule has 0 radical (unpaired) electrons. The van der Waals surface area contributed by atoms with Crippen molar-refractivity contribution in [3.63, 3.8) is 0 Å². The highest BCUT2D eigenvalue weighted by Gasteiger charge is 2.42. The zero-order chi connectivity index (χ0) is 14.8. The van der Waals surface area contributed by atoms with E-state index in [4.69, 9.17) is 0 Å². The summed E-state index contributed by atoms with van der Waals surface area (Å²) in [6.07, 6.45) is 0. The molecule has 110 valence electrons. The van der Waals surface area contributed by atoms with Crippen molar-refractivity contribution in [2.75, 3.05) is 18.4 Å². The summed E-state index contributed by atoms with van der Waals surface area (Å²) >= 11 is 0. The van der Waals surface area contributed by atoms with Gasteiger partial charge in [-0.25, -0.2) is 13.8 Å². The lowest BCUT2D eigenvalue weighted by Crippen LogP contribution is -2.44. The molecule has 1 fully saturated rings. The van der Waals surface area contributed by atoms with Crippen LogP contribution in [0.2, 0.25) is 0 Å². The second kappa shape index (κ2) is 5.78. The molecule has 20 heavy (non-hydrogen) atoms. The predicted molar refractivity (Wildman–Crippen MR) is 74.2 cm³/mol. The molecule has 1 aliphatic rings. The maximum absolute atomic E-state index is 12.3. The molecule has 0 aliphatic carbocycles. The summed E-state index contributed by atoms with van der Waals surface area (Å²) in [4.78, 5) is 11.6. The number of anilines is 1. The molecule has 8 heteroatoms. The van der Waals surface area contributed by atoms with Crippen LogP contribution < -0.4 is 15.6 Å². The number of hydrogen-bond donors (Lipinski definition) is 3. The average Bonchev–Trinajstić information content (AvgIpc) is 2.87. The van der Waals surface area contributed by atoms with Crippen molar-refractivity contribution in [1.29, 1.82) is 0 Å². The summed E-state index contributed by atoms with van der Waals surface area (Å²) in [5.41, 5.74) is 6.66. The molecule has 0 bridgehead atoms. The van der Waals surface area contributed by atoms with Crippen LogP contribution in [0.1, 0.15) is 5.56 Å². The minimum Gasteiger partial charge on any atom is -0.469 e. The largest absolute Gasteiger partial charge is 0.469 e. The maximum atomic E-state index is 12.3. The summed E-state index contributed by atoms with van der Waals surface area (Å²) in [5.74, 6) is -1.36. The summed E-state index contributed by atoms with van der Waals surface area (Å²) in [7, 11) is -2.52. The fourth-order valence-electron chi connectivity index (χ4n) is 2.07. The second-order valence-electron chi connectivity index (χ2n) is 4.59. The van der Waals surface area contributed by atoms with E-state index in [1.54, 1.807) is 18.2 Å². The third kappa shape index (κ3) is 3.09. The van der Waals surface area contributed by atoms with E-state index in [-0.39, 0.29) is 6.54 Å². The first-order chi connectivity index (χ1) is 9.44. The van der Waals surface area contributed by atoms with E-state index in [9.17, 15) is 13.2 Å². The van der Waals surface area contributed by atoms with Gasteiger partial charge in [0, 0.05) is 12.2 Å². The fraction of sp³-hybridized carbons (Fsp3) is 0.417. The molecule has 0 amide bonds. The van der Waals surface area contributed by atoms with Gasteiger partial charge in [0.05, 0.1) is 7.11 Å². The Kier molecular flexibility index (Phi) is 4.26. The van der Waals surface area contributed by atoms with E-state index in [1.807, 2.05) is 13.0 Å².